The second-order valence-electron chi connectivity index (χ2n) is 26.6. The highest BCUT2D eigenvalue weighted by Gasteiger charge is 2.51. The van der Waals surface area contributed by atoms with Crippen LogP contribution in [0.1, 0.15) is 138 Å². The Hall–Kier alpha value is -8.52. The Balaban J connectivity index is 0.528. The van der Waals surface area contributed by atoms with Gasteiger partial charge in [0.2, 0.25) is 11.5 Å². The summed E-state index contributed by atoms with van der Waals surface area (Å²) in [6.07, 6.45) is 11.6. The minimum Gasteiger partial charge on any atom is -0.508 e. The Labute approximate surface area is 616 Å². The summed E-state index contributed by atoms with van der Waals surface area (Å²) in [5, 5.41) is 22.3. The van der Waals surface area contributed by atoms with E-state index in [1.165, 1.54) is 17.1 Å². The van der Waals surface area contributed by atoms with Gasteiger partial charge in [-0.05, 0) is 105 Å². The normalized spacial score (nSPS) is 17.0. The first-order valence-corrected chi connectivity index (χ1v) is 37.1. The van der Waals surface area contributed by atoms with Crippen molar-refractivity contribution in [1.29, 1.82) is 0 Å². The molecule has 0 bridgehead atoms. The van der Waals surface area contributed by atoms with Gasteiger partial charge in [0.15, 0.2) is 11.6 Å². The lowest BCUT2D eigenvalue weighted by Crippen LogP contribution is -2.47. The molecule has 2 aromatic carbocycles. The molecule has 2 atom stereocenters. The molecule has 29 nitrogen and oxygen atoms in total. The second-order valence-corrected chi connectivity index (χ2v) is 26.6. The fourth-order valence-electron chi connectivity index (χ4n) is 13.3. The largest absolute Gasteiger partial charge is 0.510 e. The highest BCUT2D eigenvalue weighted by Crippen LogP contribution is 2.43. The number of ether oxygens (including phenoxy) is 12. The quantitative estimate of drug-likeness (QED) is 0.0209. The minimum atomic E-state index is -1.99. The summed E-state index contributed by atoms with van der Waals surface area (Å²) in [7, 11) is 0. The number of ketones is 3. The summed E-state index contributed by atoms with van der Waals surface area (Å²) < 4.78 is 70.2. The molecular formula is C77H101N7O22. The van der Waals surface area contributed by atoms with Gasteiger partial charge in [0.05, 0.1) is 140 Å². The van der Waals surface area contributed by atoms with Crippen molar-refractivity contribution < 1.29 is 100 Å². The molecule has 9 rings (SSSR count). The third kappa shape index (κ3) is 24.0. The Morgan fingerprint density at radius 1 is 0.689 bits per heavy atom. The molecule has 5 aromatic rings. The van der Waals surface area contributed by atoms with Crippen molar-refractivity contribution in [3.8, 4) is 17.1 Å². The highest BCUT2D eigenvalue weighted by atomic mass is 16.7. The van der Waals surface area contributed by atoms with E-state index in [1.54, 1.807) is 64.7 Å². The number of benzene rings is 2. The average molecular weight is 1480 g/mol. The number of nitrogens with one attached hydrogen (secondary N) is 1. The molecule has 106 heavy (non-hydrogen) atoms. The van der Waals surface area contributed by atoms with Crippen LogP contribution in [0.5, 0.6) is 5.75 Å². The monoisotopic (exact) mass is 1480 g/mol. The van der Waals surface area contributed by atoms with Crippen molar-refractivity contribution in [2.75, 3.05) is 131 Å². The lowest BCUT2D eigenvalue weighted by Gasteiger charge is -2.35. The molecular weight excluding hydrogens is 1370 g/mol. The first kappa shape index (κ1) is 81.6. The predicted molar refractivity (Wildman–Crippen MR) is 383 cm³/mol. The Morgan fingerprint density at radius 2 is 1.31 bits per heavy atom. The fourth-order valence-corrected chi connectivity index (χ4v) is 13.3. The number of phenols is 1. The van der Waals surface area contributed by atoms with Gasteiger partial charge in [-0.2, -0.15) is 0 Å². The van der Waals surface area contributed by atoms with Gasteiger partial charge < -0.3 is 71.8 Å². The summed E-state index contributed by atoms with van der Waals surface area (Å²) in [4.78, 5) is 123. The molecule has 2 unspecified atom stereocenters. The first-order valence-electron chi connectivity index (χ1n) is 37.1. The third-order valence-electron chi connectivity index (χ3n) is 19.1. The number of fused-ring (bicyclic) bond motifs is 5. The van der Waals surface area contributed by atoms with Gasteiger partial charge in [-0.15, -0.1) is 5.10 Å². The third-order valence-corrected chi connectivity index (χ3v) is 19.1. The molecule has 3 aliphatic heterocycles. The minimum absolute atomic E-state index is 0.00448. The summed E-state index contributed by atoms with van der Waals surface area (Å²) in [6, 6.07) is 13.2. The van der Waals surface area contributed by atoms with E-state index in [4.69, 9.17) is 61.8 Å². The zero-order valence-corrected chi connectivity index (χ0v) is 61.2. The molecule has 1 saturated carbocycles. The van der Waals surface area contributed by atoms with Crippen LogP contribution in [0.4, 0.5) is 10.5 Å². The van der Waals surface area contributed by atoms with E-state index in [2.05, 4.69) is 15.6 Å². The van der Waals surface area contributed by atoms with Crippen LogP contribution in [0.2, 0.25) is 0 Å². The summed E-state index contributed by atoms with van der Waals surface area (Å²) in [5.74, 6) is -2.26. The number of Topliss-reactive ketones (excluding diaryl/α,β-unsaturated/α-hetero) is 3. The van der Waals surface area contributed by atoms with Crippen LogP contribution in [0.15, 0.2) is 71.7 Å². The van der Waals surface area contributed by atoms with Crippen molar-refractivity contribution in [2.45, 2.75) is 149 Å². The number of imide groups is 1. The fraction of sp³-hybridized carbons (Fsp3) is 0.584. The number of esters is 1. The van der Waals surface area contributed by atoms with Crippen molar-refractivity contribution >= 4 is 63.8 Å². The topological polar surface area (TPSA) is 348 Å². The SMILES string of the molecule is CCCCCC(CC(=O)COCC(=O)CCCOCCOCCOCCOCCOCCOCCOCCOCCn1cc(CCC(=O)C2CCC(CN3C(=O)C=CC3=O)CC2)nn1)C(=O)Nc1ccc(COC(=O)OC2(CC)C(=O)OCc3c2cc2n(c3=O)Cc3c-2nc2ccc(O)cc2c3CC)cc1. The van der Waals surface area contributed by atoms with Crippen molar-refractivity contribution in [2.24, 2.45) is 17.8 Å². The maximum Gasteiger partial charge on any atom is 0.510 e. The van der Waals surface area contributed by atoms with Crippen molar-refractivity contribution in [1.82, 2.24) is 29.4 Å². The molecule has 1 aliphatic carbocycles. The molecule has 6 heterocycles. The van der Waals surface area contributed by atoms with Crippen LogP contribution in [0.25, 0.3) is 22.3 Å². The first-order chi connectivity index (χ1) is 51.6. The Bertz CT molecular complexity index is 3830. The maximum atomic E-state index is 14.1. The highest BCUT2D eigenvalue weighted by molar-refractivity contribution is 6.13. The number of hydrogen-bond donors (Lipinski definition) is 2. The molecule has 1 fully saturated rings. The van der Waals surface area contributed by atoms with E-state index in [0.717, 1.165) is 67.2 Å². The molecule has 0 radical (unpaired) electrons. The Morgan fingerprint density at radius 3 is 1.93 bits per heavy atom. The molecule has 29 heteroatoms. The Kier molecular flexibility index (Phi) is 32.9. The van der Waals surface area contributed by atoms with Crippen LogP contribution in [0, 0.1) is 17.8 Å². The molecule has 4 aliphatic rings. The number of cyclic esters (lactones) is 1. The van der Waals surface area contributed by atoms with Gasteiger partial charge in [0.1, 0.15) is 38.0 Å². The zero-order chi connectivity index (χ0) is 75.1. The van der Waals surface area contributed by atoms with E-state index >= 15 is 0 Å². The number of unbranched alkanes of at least 4 members (excludes halogenated alkanes) is 2. The number of amides is 3. The van der Waals surface area contributed by atoms with E-state index in [9.17, 15) is 48.3 Å². The van der Waals surface area contributed by atoms with E-state index < -0.39 is 29.2 Å². The number of aromatic nitrogens is 5. The maximum absolute atomic E-state index is 14.1. The number of rotatable bonds is 51. The molecule has 3 aromatic heterocycles. The number of hydrogen-bond acceptors (Lipinski definition) is 25. The number of aromatic hydroxyl groups is 1. The van der Waals surface area contributed by atoms with Crippen molar-refractivity contribution in [3.63, 3.8) is 0 Å². The average Bonchev–Trinajstić information content (AvgIpc) is 1.49. The molecule has 3 amide bonds. The second kappa shape index (κ2) is 42.7. The standard InChI is InChI=1S/C77H101N7O22/c1-4-7-8-10-56(73(91)78-57-18-14-54(15-19-57)49-105-76(94)106-77(6-3)66-45-68-72-64(48-83(68)74(92)65(66)52-104-75(77)93)62(5-2)63-44-59(85)21-22-67(63)79-72)43-61(87)51-103-50-60(86)11-9-27-95-29-31-97-33-35-99-37-39-101-41-42-102-40-38-100-36-34-98-32-30-96-28-26-82-47-58(80-81-82)20-23-69(88)55-16-12-53(13-17-55)46-84-70(89)24-25-71(84)90/h14-15,18-19,21-22,24-25,44-45,47,53,55-56,85H,4-13,16-17,20,23,26-43,46,48-52H2,1-3H3,(H,78,91). The molecule has 576 valence electrons. The van der Waals surface area contributed by atoms with E-state index in [0.29, 0.717) is 179 Å². The van der Waals surface area contributed by atoms with Crippen LogP contribution < -0.4 is 10.9 Å². The lowest BCUT2D eigenvalue weighted by atomic mass is 9.79. The van der Waals surface area contributed by atoms with Gasteiger partial charge in [0.25, 0.3) is 17.4 Å². The molecule has 2 N–H and O–H groups in total. The van der Waals surface area contributed by atoms with Crippen LogP contribution in [0.3, 0.4) is 0 Å². The summed E-state index contributed by atoms with van der Waals surface area (Å²) in [5.41, 5.74) is 3.15. The zero-order valence-electron chi connectivity index (χ0n) is 61.2. The number of phenolic OH excluding ortho intramolecular Hbond substituents is 1. The summed E-state index contributed by atoms with van der Waals surface area (Å²) >= 11 is 0. The number of nitrogens with zero attached hydrogens (tertiary/aromatic N) is 6. The summed E-state index contributed by atoms with van der Waals surface area (Å²) in [6.45, 7) is 12.3. The van der Waals surface area contributed by atoms with E-state index in [1.807, 2.05) is 20.0 Å². The number of carbonyl (C=O) groups excluding carboxylic acids is 8. The van der Waals surface area contributed by atoms with Gasteiger partial charge in [-0.1, -0.05) is 57.4 Å². The lowest BCUT2D eigenvalue weighted by molar-refractivity contribution is -0.175. The van der Waals surface area contributed by atoms with Crippen LogP contribution in [-0.2, 0) is 135 Å². The number of anilines is 1. The number of pyridine rings is 2. The molecule has 0 spiro atoms. The smallest absolute Gasteiger partial charge is 0.508 e. The predicted octanol–water partition coefficient (Wildman–Crippen LogP) is 7.83. The molecule has 0 saturated heterocycles. The van der Waals surface area contributed by atoms with E-state index in [-0.39, 0.29) is 116 Å². The van der Waals surface area contributed by atoms with Crippen molar-refractivity contribution in [3.05, 3.63) is 111 Å². The van der Waals surface area contributed by atoms with Crippen LogP contribution in [-0.4, -0.2) is 207 Å². The van der Waals surface area contributed by atoms with Gasteiger partial charge in [-0.3, -0.25) is 38.5 Å². The number of aryl methyl sites for hydroxylation is 2. The van der Waals surface area contributed by atoms with Gasteiger partial charge in [-0.25, -0.2) is 19.3 Å². The number of carbonyl (C=O) groups is 8. The van der Waals surface area contributed by atoms with Gasteiger partial charge >= 0.3 is 12.1 Å². The van der Waals surface area contributed by atoms with Gasteiger partial charge in [0, 0.05) is 91.2 Å². The van der Waals surface area contributed by atoms with Crippen LogP contribution >= 0.6 is 0 Å².